The quantitative estimate of drug-likeness (QED) is 0.840. The fraction of sp³-hybridized carbons (Fsp3) is 0.333. The van der Waals surface area contributed by atoms with Crippen LogP contribution in [0.2, 0.25) is 0 Å². The Hall–Kier alpha value is -2.70. The molecule has 0 radical (unpaired) electrons. The number of carboxylic acids is 1. The average molecular weight is 350 g/mol. The third-order valence-corrected chi connectivity index (χ3v) is 3.93. The summed E-state index contributed by atoms with van der Waals surface area (Å²) in [6.07, 6.45) is -3.77. The molecule has 0 bridgehead atoms. The molecule has 1 aromatic carbocycles. The van der Waals surface area contributed by atoms with Crippen molar-refractivity contribution < 1.29 is 23.5 Å². The first-order chi connectivity index (χ1) is 11.7. The smallest absolute Gasteiger partial charge is 0.326 e. The van der Waals surface area contributed by atoms with E-state index in [2.05, 4.69) is 5.32 Å². The number of carbonyl (C=O) groups is 2. The molecule has 5 nitrogen and oxygen atoms in total. The lowest BCUT2D eigenvalue weighted by Crippen LogP contribution is -2.42. The number of benzene rings is 1. The van der Waals surface area contributed by atoms with Crippen molar-refractivity contribution in [1.29, 1.82) is 0 Å². The van der Waals surface area contributed by atoms with Crippen LogP contribution in [0.3, 0.4) is 0 Å². The summed E-state index contributed by atoms with van der Waals surface area (Å²) in [5.74, 6) is -2.18. The summed E-state index contributed by atoms with van der Waals surface area (Å²) in [5, 5.41) is 11.3. The summed E-state index contributed by atoms with van der Waals surface area (Å²) in [7, 11) is 0. The number of aromatic nitrogens is 1. The second kappa shape index (κ2) is 7.46. The second-order valence-electron chi connectivity index (χ2n) is 5.96. The number of carboxylic acid groups (broad SMARTS) is 1. The van der Waals surface area contributed by atoms with Crippen molar-refractivity contribution in [2.24, 2.45) is 0 Å². The Balaban J connectivity index is 2.43. The summed E-state index contributed by atoms with van der Waals surface area (Å²) < 4.78 is 27.0. The third-order valence-electron chi connectivity index (χ3n) is 3.93. The summed E-state index contributed by atoms with van der Waals surface area (Å²) >= 11 is 0. The number of hydrogen-bond acceptors (Lipinski definition) is 2. The van der Waals surface area contributed by atoms with E-state index in [-0.39, 0.29) is 5.56 Å². The minimum Gasteiger partial charge on any atom is -0.480 e. The second-order valence-corrected chi connectivity index (χ2v) is 5.96. The number of halogens is 2. The first kappa shape index (κ1) is 18.6. The molecule has 1 heterocycles. The zero-order valence-electron chi connectivity index (χ0n) is 14.2. The van der Waals surface area contributed by atoms with Crippen molar-refractivity contribution in [2.75, 3.05) is 0 Å². The van der Waals surface area contributed by atoms with Crippen LogP contribution in [0.25, 0.3) is 5.69 Å². The van der Waals surface area contributed by atoms with Crippen molar-refractivity contribution in [2.45, 2.75) is 39.7 Å². The first-order valence-corrected chi connectivity index (χ1v) is 7.78. The lowest BCUT2D eigenvalue weighted by atomic mass is 10.1. The standard InChI is InChI=1S/C18H20F2N2O3/c1-10-4-7-15(22-11(2)5-6-12(22)3)13(8-10)17(23)21-14(18(24)25)9-16(19)20/h4-8,14,16H,9H2,1-3H3,(H,21,23)(H,24,25). The fourth-order valence-electron chi connectivity index (χ4n) is 2.71. The Morgan fingerprint density at radius 2 is 1.72 bits per heavy atom. The van der Waals surface area contributed by atoms with Gasteiger partial charge in [0, 0.05) is 17.8 Å². The number of amides is 1. The van der Waals surface area contributed by atoms with Gasteiger partial charge in [0.1, 0.15) is 6.04 Å². The van der Waals surface area contributed by atoms with Gasteiger partial charge in [0.2, 0.25) is 6.43 Å². The molecular formula is C18H20F2N2O3. The number of alkyl halides is 2. The lowest BCUT2D eigenvalue weighted by molar-refractivity contribution is -0.140. The highest BCUT2D eigenvalue weighted by atomic mass is 19.3. The maximum atomic E-state index is 12.6. The van der Waals surface area contributed by atoms with Gasteiger partial charge in [0.25, 0.3) is 5.91 Å². The minimum atomic E-state index is -2.83. The van der Waals surface area contributed by atoms with Crippen LogP contribution in [0.15, 0.2) is 30.3 Å². The predicted octanol–water partition coefficient (Wildman–Crippen LogP) is 3.24. The highest BCUT2D eigenvalue weighted by Crippen LogP contribution is 2.22. The molecule has 7 heteroatoms. The van der Waals surface area contributed by atoms with Crippen LogP contribution >= 0.6 is 0 Å². The highest BCUT2D eigenvalue weighted by molar-refractivity contribution is 6.00. The lowest BCUT2D eigenvalue weighted by Gasteiger charge is -2.18. The van der Waals surface area contributed by atoms with Crippen LogP contribution in [-0.2, 0) is 4.79 Å². The van der Waals surface area contributed by atoms with Gasteiger partial charge in [-0.05, 0) is 45.0 Å². The maximum Gasteiger partial charge on any atom is 0.326 e. The van der Waals surface area contributed by atoms with Crippen LogP contribution in [0.5, 0.6) is 0 Å². The molecule has 0 spiro atoms. The van der Waals surface area contributed by atoms with E-state index in [4.69, 9.17) is 5.11 Å². The van der Waals surface area contributed by atoms with E-state index in [0.717, 1.165) is 17.0 Å². The maximum absolute atomic E-state index is 12.6. The van der Waals surface area contributed by atoms with E-state index in [0.29, 0.717) is 5.69 Å². The number of nitrogens with zero attached hydrogens (tertiary/aromatic N) is 1. The summed E-state index contributed by atoms with van der Waals surface area (Å²) in [4.78, 5) is 23.7. The molecular weight excluding hydrogens is 330 g/mol. The number of hydrogen-bond donors (Lipinski definition) is 2. The molecule has 134 valence electrons. The van der Waals surface area contributed by atoms with Gasteiger partial charge in [-0.3, -0.25) is 4.79 Å². The molecule has 1 aromatic heterocycles. The first-order valence-electron chi connectivity index (χ1n) is 7.78. The van der Waals surface area contributed by atoms with Crippen LogP contribution in [0.1, 0.15) is 33.7 Å². The van der Waals surface area contributed by atoms with E-state index in [9.17, 15) is 18.4 Å². The topological polar surface area (TPSA) is 71.3 Å². The molecule has 0 fully saturated rings. The SMILES string of the molecule is Cc1ccc(-n2c(C)ccc2C)c(C(=O)NC(CC(F)F)C(=O)O)c1. The molecule has 2 rings (SSSR count). The Labute approximate surface area is 144 Å². The van der Waals surface area contributed by atoms with Crippen molar-refractivity contribution in [1.82, 2.24) is 9.88 Å². The molecule has 2 N–H and O–H groups in total. The van der Waals surface area contributed by atoms with Gasteiger partial charge in [-0.15, -0.1) is 0 Å². The molecule has 1 unspecified atom stereocenters. The van der Waals surface area contributed by atoms with E-state index in [1.807, 2.05) is 36.6 Å². The van der Waals surface area contributed by atoms with Crippen molar-refractivity contribution in [3.63, 3.8) is 0 Å². The number of nitrogens with one attached hydrogen (secondary N) is 1. The van der Waals surface area contributed by atoms with Crippen LogP contribution in [0, 0.1) is 20.8 Å². The number of carbonyl (C=O) groups excluding carboxylic acids is 1. The number of aryl methyl sites for hydroxylation is 3. The van der Waals surface area contributed by atoms with Crippen molar-refractivity contribution in [3.8, 4) is 5.69 Å². The molecule has 0 saturated carbocycles. The molecule has 0 aliphatic carbocycles. The third kappa shape index (κ3) is 4.23. The zero-order chi connectivity index (χ0) is 18.7. The van der Waals surface area contributed by atoms with Gasteiger partial charge in [-0.2, -0.15) is 0 Å². The fourth-order valence-corrected chi connectivity index (χ4v) is 2.71. The van der Waals surface area contributed by atoms with E-state index in [1.165, 1.54) is 0 Å². The molecule has 0 aliphatic heterocycles. The largest absolute Gasteiger partial charge is 0.480 e. The van der Waals surface area contributed by atoms with E-state index in [1.54, 1.807) is 19.1 Å². The molecule has 2 aromatic rings. The van der Waals surface area contributed by atoms with Gasteiger partial charge in [0.15, 0.2) is 0 Å². The van der Waals surface area contributed by atoms with Gasteiger partial charge in [-0.1, -0.05) is 11.6 Å². The molecule has 1 atom stereocenters. The Bertz CT molecular complexity index is 780. The van der Waals surface area contributed by atoms with Crippen LogP contribution in [0.4, 0.5) is 8.78 Å². The van der Waals surface area contributed by atoms with Gasteiger partial charge < -0.3 is 15.0 Å². The van der Waals surface area contributed by atoms with E-state index < -0.39 is 30.8 Å². The van der Waals surface area contributed by atoms with Crippen LogP contribution < -0.4 is 5.32 Å². The Kier molecular flexibility index (Phi) is 5.56. The monoisotopic (exact) mass is 350 g/mol. The number of aliphatic carboxylic acids is 1. The van der Waals surface area contributed by atoms with E-state index >= 15 is 0 Å². The molecule has 1 amide bonds. The molecule has 0 aliphatic rings. The summed E-state index contributed by atoms with van der Waals surface area (Å²) in [6, 6.07) is 7.35. The Morgan fingerprint density at radius 3 is 2.24 bits per heavy atom. The molecule has 0 saturated heterocycles. The van der Waals surface area contributed by atoms with Gasteiger partial charge in [-0.25, -0.2) is 13.6 Å². The van der Waals surface area contributed by atoms with Crippen molar-refractivity contribution >= 4 is 11.9 Å². The molecule has 25 heavy (non-hydrogen) atoms. The summed E-state index contributed by atoms with van der Waals surface area (Å²) in [5.41, 5.74) is 3.42. The Morgan fingerprint density at radius 1 is 1.12 bits per heavy atom. The van der Waals surface area contributed by atoms with Gasteiger partial charge in [0.05, 0.1) is 11.3 Å². The van der Waals surface area contributed by atoms with Gasteiger partial charge >= 0.3 is 5.97 Å². The van der Waals surface area contributed by atoms with Crippen molar-refractivity contribution in [3.05, 3.63) is 52.8 Å². The number of rotatable bonds is 6. The predicted molar refractivity (Wildman–Crippen MR) is 89.5 cm³/mol. The normalized spacial score (nSPS) is 12.2. The average Bonchev–Trinajstić information content (AvgIpc) is 2.85. The zero-order valence-corrected chi connectivity index (χ0v) is 14.2. The summed E-state index contributed by atoms with van der Waals surface area (Å²) in [6.45, 7) is 5.56. The minimum absolute atomic E-state index is 0.239. The highest BCUT2D eigenvalue weighted by Gasteiger charge is 2.26. The van der Waals surface area contributed by atoms with Crippen LogP contribution in [-0.4, -0.2) is 34.0 Å².